The molecule has 4 nitrogen and oxygen atoms in total. The molecule has 1 heterocycles. The van der Waals surface area contributed by atoms with Crippen molar-refractivity contribution >= 4 is 23.8 Å². The van der Waals surface area contributed by atoms with E-state index in [2.05, 4.69) is 34.1 Å². The highest BCUT2D eigenvalue weighted by molar-refractivity contribution is 6.30. The summed E-state index contributed by atoms with van der Waals surface area (Å²) in [6.07, 6.45) is 0.563. The third-order valence-electron chi connectivity index (χ3n) is 4.66. The molecule has 0 aliphatic carbocycles. The Morgan fingerprint density at radius 3 is 2.32 bits per heavy atom. The number of carbonyl (C=O) groups is 1. The smallest absolute Gasteiger partial charge is 0.293 e. The molecule has 1 atom stereocenters. The Morgan fingerprint density at radius 1 is 1.00 bits per heavy atom. The van der Waals surface area contributed by atoms with Gasteiger partial charge in [-0.15, -0.1) is 0 Å². The fourth-order valence-electron chi connectivity index (χ4n) is 3.23. The predicted molar refractivity (Wildman–Crippen MR) is 101 cm³/mol. The number of halogens is 1. The molecule has 1 saturated heterocycles. The van der Waals surface area contributed by atoms with E-state index in [0.29, 0.717) is 11.5 Å². The van der Waals surface area contributed by atoms with E-state index in [9.17, 15) is 4.79 Å². The second kappa shape index (κ2) is 8.88. The Bertz CT molecular complexity index is 655. The van der Waals surface area contributed by atoms with Crippen molar-refractivity contribution in [1.29, 1.82) is 0 Å². The fraction of sp³-hybridized carbons (Fsp3) is 0.350. The molecule has 3 rings (SSSR count). The average Bonchev–Trinajstić information content (AvgIpc) is 2.67. The van der Waals surface area contributed by atoms with Crippen molar-refractivity contribution in [2.24, 2.45) is 0 Å². The number of benzene rings is 2. The van der Waals surface area contributed by atoms with Gasteiger partial charge in [0, 0.05) is 49.9 Å². The SMILES string of the molecule is O=COC(CCN1CCN(c2ccccc2)CC1)c1ccc(Cl)cc1. The predicted octanol–water partition coefficient (Wildman–Crippen LogP) is 3.77. The van der Waals surface area contributed by atoms with Crippen LogP contribution >= 0.6 is 11.6 Å². The summed E-state index contributed by atoms with van der Waals surface area (Å²) < 4.78 is 5.29. The van der Waals surface area contributed by atoms with Crippen molar-refractivity contribution in [3.05, 3.63) is 65.2 Å². The van der Waals surface area contributed by atoms with Gasteiger partial charge in [-0.25, -0.2) is 0 Å². The number of rotatable bonds is 7. The molecule has 0 spiro atoms. The maximum absolute atomic E-state index is 10.8. The van der Waals surface area contributed by atoms with E-state index in [-0.39, 0.29) is 6.10 Å². The van der Waals surface area contributed by atoms with Gasteiger partial charge in [0.15, 0.2) is 0 Å². The maximum Gasteiger partial charge on any atom is 0.293 e. The lowest BCUT2D eigenvalue weighted by Gasteiger charge is -2.36. The summed E-state index contributed by atoms with van der Waals surface area (Å²) in [6.45, 7) is 5.51. The molecular formula is C20H23ClN2O2. The summed E-state index contributed by atoms with van der Waals surface area (Å²) in [5, 5.41) is 0.686. The van der Waals surface area contributed by atoms with Crippen LogP contribution < -0.4 is 4.90 Å². The number of hydrogen-bond donors (Lipinski definition) is 0. The van der Waals surface area contributed by atoms with Gasteiger partial charge >= 0.3 is 0 Å². The van der Waals surface area contributed by atoms with Crippen LogP contribution in [-0.4, -0.2) is 44.1 Å². The van der Waals surface area contributed by atoms with Gasteiger partial charge in [-0.1, -0.05) is 41.9 Å². The van der Waals surface area contributed by atoms with Crippen LogP contribution in [0.5, 0.6) is 0 Å². The molecule has 5 heteroatoms. The normalized spacial score (nSPS) is 16.4. The van der Waals surface area contributed by atoms with Gasteiger partial charge in [0.25, 0.3) is 6.47 Å². The van der Waals surface area contributed by atoms with Gasteiger partial charge in [0.1, 0.15) is 6.10 Å². The van der Waals surface area contributed by atoms with Crippen LogP contribution in [0.25, 0.3) is 0 Å². The number of carbonyl (C=O) groups excluding carboxylic acids is 1. The lowest BCUT2D eigenvalue weighted by atomic mass is 10.1. The second-order valence-electron chi connectivity index (χ2n) is 6.23. The van der Waals surface area contributed by atoms with Crippen LogP contribution in [-0.2, 0) is 9.53 Å². The Kier molecular flexibility index (Phi) is 6.31. The van der Waals surface area contributed by atoms with Crippen molar-refractivity contribution < 1.29 is 9.53 Å². The zero-order valence-corrected chi connectivity index (χ0v) is 14.9. The van der Waals surface area contributed by atoms with Gasteiger partial charge in [0.2, 0.25) is 0 Å². The molecule has 132 valence electrons. The Hall–Kier alpha value is -2.04. The first-order valence-corrected chi connectivity index (χ1v) is 9.01. The van der Waals surface area contributed by atoms with Crippen LogP contribution in [0.1, 0.15) is 18.1 Å². The van der Waals surface area contributed by atoms with Gasteiger partial charge in [0.05, 0.1) is 0 Å². The Balaban J connectivity index is 1.50. The van der Waals surface area contributed by atoms with E-state index in [0.717, 1.165) is 44.7 Å². The van der Waals surface area contributed by atoms with Crippen LogP contribution in [0, 0.1) is 0 Å². The molecule has 1 aliphatic rings. The van der Waals surface area contributed by atoms with Gasteiger partial charge in [-0.3, -0.25) is 9.69 Å². The van der Waals surface area contributed by atoms with Crippen LogP contribution in [0.2, 0.25) is 5.02 Å². The highest BCUT2D eigenvalue weighted by Crippen LogP contribution is 2.23. The lowest BCUT2D eigenvalue weighted by molar-refractivity contribution is -0.134. The van der Waals surface area contributed by atoms with E-state index in [1.807, 2.05) is 30.3 Å². The molecule has 0 bridgehead atoms. The first-order valence-electron chi connectivity index (χ1n) is 8.63. The topological polar surface area (TPSA) is 32.8 Å². The van der Waals surface area contributed by atoms with Crippen LogP contribution in [0.4, 0.5) is 5.69 Å². The summed E-state index contributed by atoms with van der Waals surface area (Å²) in [7, 11) is 0. The van der Waals surface area contributed by atoms with E-state index in [1.165, 1.54) is 5.69 Å². The van der Waals surface area contributed by atoms with Crippen LogP contribution in [0.3, 0.4) is 0 Å². The minimum atomic E-state index is -0.220. The Morgan fingerprint density at radius 2 is 1.68 bits per heavy atom. The molecule has 1 aliphatic heterocycles. The quantitative estimate of drug-likeness (QED) is 0.705. The van der Waals surface area contributed by atoms with Crippen molar-refractivity contribution in [3.8, 4) is 0 Å². The number of hydrogen-bond acceptors (Lipinski definition) is 4. The number of para-hydroxylation sites is 1. The third kappa shape index (κ3) is 4.97. The minimum Gasteiger partial charge on any atom is -0.460 e. The van der Waals surface area contributed by atoms with E-state index in [4.69, 9.17) is 16.3 Å². The molecule has 0 aromatic heterocycles. The lowest BCUT2D eigenvalue weighted by Crippen LogP contribution is -2.46. The van der Waals surface area contributed by atoms with Gasteiger partial charge in [-0.05, 0) is 29.8 Å². The second-order valence-corrected chi connectivity index (χ2v) is 6.66. The number of ether oxygens (including phenoxy) is 1. The maximum atomic E-state index is 10.8. The third-order valence-corrected chi connectivity index (χ3v) is 4.91. The minimum absolute atomic E-state index is 0.220. The van der Waals surface area contributed by atoms with Crippen molar-refractivity contribution in [1.82, 2.24) is 4.90 Å². The highest BCUT2D eigenvalue weighted by Gasteiger charge is 2.19. The summed E-state index contributed by atoms with van der Waals surface area (Å²) >= 11 is 5.93. The van der Waals surface area contributed by atoms with Gasteiger partial charge in [-0.2, -0.15) is 0 Å². The molecular weight excluding hydrogens is 336 g/mol. The molecule has 0 N–H and O–H groups in total. The molecule has 1 fully saturated rings. The first kappa shape index (κ1) is 17.8. The zero-order chi connectivity index (χ0) is 17.5. The Labute approximate surface area is 154 Å². The largest absolute Gasteiger partial charge is 0.460 e. The summed E-state index contributed by atoms with van der Waals surface area (Å²) in [6, 6.07) is 18.0. The van der Waals surface area contributed by atoms with Crippen molar-refractivity contribution in [2.75, 3.05) is 37.6 Å². The van der Waals surface area contributed by atoms with Crippen molar-refractivity contribution in [3.63, 3.8) is 0 Å². The monoisotopic (exact) mass is 358 g/mol. The number of piperazine rings is 1. The van der Waals surface area contributed by atoms with Gasteiger partial charge < -0.3 is 9.64 Å². The van der Waals surface area contributed by atoms with E-state index < -0.39 is 0 Å². The molecule has 0 radical (unpaired) electrons. The summed E-state index contributed by atoms with van der Waals surface area (Å²) in [5.41, 5.74) is 2.27. The first-order chi connectivity index (χ1) is 12.3. The van der Waals surface area contributed by atoms with Crippen molar-refractivity contribution in [2.45, 2.75) is 12.5 Å². The highest BCUT2D eigenvalue weighted by atomic mass is 35.5. The van der Waals surface area contributed by atoms with E-state index in [1.54, 1.807) is 0 Å². The molecule has 0 saturated carbocycles. The summed E-state index contributed by atoms with van der Waals surface area (Å²) in [5.74, 6) is 0. The molecule has 2 aromatic carbocycles. The standard InChI is InChI=1S/C20H23ClN2O2/c21-18-8-6-17(7-9-18)20(25-16-24)10-11-22-12-14-23(15-13-22)19-4-2-1-3-5-19/h1-9,16,20H,10-15H2. The number of nitrogens with zero attached hydrogens (tertiary/aromatic N) is 2. The fourth-order valence-corrected chi connectivity index (χ4v) is 3.35. The average molecular weight is 359 g/mol. The molecule has 1 unspecified atom stereocenters. The van der Waals surface area contributed by atoms with E-state index >= 15 is 0 Å². The zero-order valence-electron chi connectivity index (χ0n) is 14.2. The number of anilines is 1. The molecule has 25 heavy (non-hydrogen) atoms. The van der Waals surface area contributed by atoms with Crippen LogP contribution in [0.15, 0.2) is 54.6 Å². The summed E-state index contributed by atoms with van der Waals surface area (Å²) in [4.78, 5) is 15.7. The molecule has 0 amide bonds. The molecule has 2 aromatic rings.